The lowest BCUT2D eigenvalue weighted by molar-refractivity contribution is 0.102. The Morgan fingerprint density at radius 3 is 2.87 bits per heavy atom. The summed E-state index contributed by atoms with van der Waals surface area (Å²) < 4.78 is 17.4. The Kier molecular flexibility index (Phi) is 5.60. The largest absolute Gasteiger partial charge is 0.288 e. The zero-order valence-electron chi connectivity index (χ0n) is 15.6. The first-order chi connectivity index (χ1) is 14.4. The molecule has 2 aromatic heterocycles. The highest BCUT2D eigenvalue weighted by Crippen LogP contribution is 2.20. The van der Waals surface area contributed by atoms with Gasteiger partial charge >= 0.3 is 0 Å². The molecule has 0 fully saturated rings. The molecule has 8 nitrogen and oxygen atoms in total. The number of nitrogens with zero attached hydrogens (tertiary/aromatic N) is 6. The van der Waals surface area contributed by atoms with E-state index in [-0.39, 0.29) is 16.7 Å². The zero-order valence-corrected chi connectivity index (χ0v) is 17.9. The van der Waals surface area contributed by atoms with Gasteiger partial charge in [-0.1, -0.05) is 44.9 Å². The van der Waals surface area contributed by atoms with Crippen molar-refractivity contribution in [3.05, 3.63) is 81.1 Å². The van der Waals surface area contributed by atoms with Crippen molar-refractivity contribution in [2.45, 2.75) is 13.5 Å². The molecule has 152 valence electrons. The molecule has 0 bridgehead atoms. The zero-order chi connectivity index (χ0) is 21.3. The van der Waals surface area contributed by atoms with Gasteiger partial charge in [-0.2, -0.15) is 0 Å². The molecule has 2 aromatic carbocycles. The monoisotopic (exact) mass is 489 g/mol. The van der Waals surface area contributed by atoms with E-state index in [1.165, 1.54) is 29.2 Å². The first-order valence-electron chi connectivity index (χ1n) is 8.73. The normalized spacial score (nSPS) is 10.9. The van der Waals surface area contributed by atoms with Crippen LogP contribution in [0.25, 0.3) is 5.69 Å². The van der Waals surface area contributed by atoms with Crippen LogP contribution >= 0.6 is 27.5 Å². The average molecular weight is 491 g/mol. The number of hydrogen-bond acceptors (Lipinski definition) is 5. The molecular weight excluding hydrogens is 477 g/mol. The lowest BCUT2D eigenvalue weighted by atomic mass is 10.2. The van der Waals surface area contributed by atoms with Gasteiger partial charge in [0.2, 0.25) is 5.95 Å². The smallest absolute Gasteiger partial charge is 0.280 e. The van der Waals surface area contributed by atoms with Gasteiger partial charge in [-0.25, -0.2) is 18.7 Å². The van der Waals surface area contributed by atoms with E-state index in [9.17, 15) is 9.18 Å². The van der Waals surface area contributed by atoms with Gasteiger partial charge < -0.3 is 0 Å². The number of carbonyl (C=O) groups excluding carboxylic acids is 1. The molecular formula is C19H14BrClFN7O. The molecule has 0 saturated heterocycles. The first kappa shape index (κ1) is 20.2. The molecule has 0 radical (unpaired) electrons. The molecule has 0 atom stereocenters. The van der Waals surface area contributed by atoms with E-state index in [2.05, 4.69) is 41.6 Å². The van der Waals surface area contributed by atoms with Gasteiger partial charge in [-0.3, -0.25) is 10.1 Å². The number of hydrogen-bond donors (Lipinski definition) is 1. The number of carbonyl (C=O) groups is 1. The molecule has 0 aliphatic rings. The molecule has 0 unspecified atom stereocenters. The van der Waals surface area contributed by atoms with Gasteiger partial charge in [0, 0.05) is 4.47 Å². The Morgan fingerprint density at radius 2 is 2.10 bits per heavy atom. The minimum atomic E-state index is -0.541. The van der Waals surface area contributed by atoms with Crippen LogP contribution in [0.1, 0.15) is 21.7 Å². The molecule has 4 rings (SSSR count). The van der Waals surface area contributed by atoms with Gasteiger partial charge in [-0.15, -0.1) is 10.2 Å². The van der Waals surface area contributed by atoms with E-state index in [1.807, 2.05) is 24.3 Å². The summed E-state index contributed by atoms with van der Waals surface area (Å²) >= 11 is 9.25. The van der Waals surface area contributed by atoms with E-state index < -0.39 is 11.7 Å². The van der Waals surface area contributed by atoms with Crippen LogP contribution in [-0.2, 0) is 6.54 Å². The van der Waals surface area contributed by atoms with Gasteiger partial charge in [0.15, 0.2) is 5.69 Å². The number of amides is 1. The average Bonchev–Trinajstić information content (AvgIpc) is 3.30. The minimum absolute atomic E-state index is 0.0476. The SMILES string of the molecule is Cc1c(C(=O)Nc2ncn(Cc3cccc(Br)c3)n2)nnn1-c1ccc(F)c(Cl)c1. The summed E-state index contributed by atoms with van der Waals surface area (Å²) in [6.07, 6.45) is 1.53. The molecule has 0 aliphatic heterocycles. The Bertz CT molecular complexity index is 1240. The van der Waals surface area contributed by atoms with Crippen molar-refractivity contribution in [1.82, 2.24) is 29.8 Å². The van der Waals surface area contributed by atoms with Gasteiger partial charge in [0.05, 0.1) is 22.9 Å². The number of aromatic nitrogens is 6. The van der Waals surface area contributed by atoms with Crippen molar-refractivity contribution in [1.29, 1.82) is 0 Å². The number of benzene rings is 2. The van der Waals surface area contributed by atoms with Crippen LogP contribution in [-0.4, -0.2) is 35.7 Å². The lowest BCUT2D eigenvalue weighted by Gasteiger charge is -2.05. The summed E-state index contributed by atoms with van der Waals surface area (Å²) in [6.45, 7) is 2.17. The van der Waals surface area contributed by atoms with Crippen LogP contribution in [0.5, 0.6) is 0 Å². The van der Waals surface area contributed by atoms with Crippen LogP contribution in [0.4, 0.5) is 10.3 Å². The topological polar surface area (TPSA) is 90.5 Å². The maximum Gasteiger partial charge on any atom is 0.280 e. The van der Waals surface area contributed by atoms with E-state index >= 15 is 0 Å². The fraction of sp³-hybridized carbons (Fsp3) is 0.105. The summed E-state index contributed by atoms with van der Waals surface area (Å²) in [5, 5.41) is 14.7. The molecule has 4 aromatic rings. The number of halogens is 3. The van der Waals surface area contributed by atoms with Gasteiger partial charge in [0.25, 0.3) is 5.91 Å². The molecule has 11 heteroatoms. The maximum absolute atomic E-state index is 13.4. The van der Waals surface area contributed by atoms with Crippen molar-refractivity contribution in [2.24, 2.45) is 0 Å². The Labute approximate surface area is 183 Å². The van der Waals surface area contributed by atoms with E-state index in [0.717, 1.165) is 10.0 Å². The van der Waals surface area contributed by atoms with Crippen molar-refractivity contribution in [3.8, 4) is 5.69 Å². The van der Waals surface area contributed by atoms with Crippen LogP contribution in [0, 0.1) is 12.7 Å². The highest BCUT2D eigenvalue weighted by atomic mass is 79.9. The van der Waals surface area contributed by atoms with Crippen molar-refractivity contribution >= 4 is 39.4 Å². The molecule has 1 N–H and O–H groups in total. The minimum Gasteiger partial charge on any atom is -0.288 e. The number of nitrogens with one attached hydrogen (secondary N) is 1. The fourth-order valence-electron chi connectivity index (χ4n) is 2.81. The maximum atomic E-state index is 13.4. The van der Waals surface area contributed by atoms with Crippen molar-refractivity contribution in [3.63, 3.8) is 0 Å². The summed E-state index contributed by atoms with van der Waals surface area (Å²) in [5.41, 5.74) is 2.08. The quantitative estimate of drug-likeness (QED) is 0.456. The fourth-order valence-corrected chi connectivity index (χ4v) is 3.43. The summed E-state index contributed by atoms with van der Waals surface area (Å²) in [6, 6.07) is 11.9. The third-order valence-corrected chi connectivity index (χ3v) is 5.04. The lowest BCUT2D eigenvalue weighted by Crippen LogP contribution is -2.15. The molecule has 2 heterocycles. The number of rotatable bonds is 5. The third kappa shape index (κ3) is 4.24. The van der Waals surface area contributed by atoms with Crippen molar-refractivity contribution in [2.75, 3.05) is 5.32 Å². The van der Waals surface area contributed by atoms with Crippen molar-refractivity contribution < 1.29 is 9.18 Å². The second-order valence-electron chi connectivity index (χ2n) is 6.38. The van der Waals surface area contributed by atoms with Gasteiger partial charge in [-0.05, 0) is 42.8 Å². The first-order valence-corrected chi connectivity index (χ1v) is 9.91. The van der Waals surface area contributed by atoms with E-state index in [4.69, 9.17) is 11.6 Å². The van der Waals surface area contributed by atoms with Crippen LogP contribution in [0.2, 0.25) is 5.02 Å². The molecule has 1 amide bonds. The Hall–Kier alpha value is -3.11. The van der Waals surface area contributed by atoms with E-state index in [1.54, 1.807) is 11.6 Å². The highest BCUT2D eigenvalue weighted by Gasteiger charge is 2.19. The highest BCUT2D eigenvalue weighted by molar-refractivity contribution is 9.10. The van der Waals surface area contributed by atoms with Crippen LogP contribution < -0.4 is 5.32 Å². The Balaban J connectivity index is 1.49. The molecule has 0 spiro atoms. The predicted octanol–water partition coefficient (Wildman–Crippen LogP) is 4.02. The van der Waals surface area contributed by atoms with Gasteiger partial charge in [0.1, 0.15) is 12.1 Å². The summed E-state index contributed by atoms with van der Waals surface area (Å²) in [7, 11) is 0. The standard InChI is InChI=1S/C19H14BrClFN7O/c1-11-17(25-27-29(11)14-5-6-16(22)15(21)8-14)18(30)24-19-23-10-28(26-19)9-12-3-2-4-13(20)7-12/h2-8,10H,9H2,1H3,(H,24,26,30). The van der Waals surface area contributed by atoms with Crippen LogP contribution in [0.15, 0.2) is 53.3 Å². The van der Waals surface area contributed by atoms with E-state index in [0.29, 0.717) is 17.9 Å². The molecule has 0 saturated carbocycles. The summed E-state index contributed by atoms with van der Waals surface area (Å²) in [4.78, 5) is 16.7. The molecule has 30 heavy (non-hydrogen) atoms. The number of anilines is 1. The predicted molar refractivity (Wildman–Crippen MR) is 112 cm³/mol. The second kappa shape index (κ2) is 8.33. The third-order valence-electron chi connectivity index (χ3n) is 4.25. The Morgan fingerprint density at radius 1 is 1.27 bits per heavy atom. The summed E-state index contributed by atoms with van der Waals surface area (Å²) in [5.74, 6) is -0.901. The molecule has 0 aliphatic carbocycles. The second-order valence-corrected chi connectivity index (χ2v) is 7.71. The van der Waals surface area contributed by atoms with Crippen LogP contribution in [0.3, 0.4) is 0 Å².